The number of nitrogens with one attached hydrogen (secondary N) is 1. The number of aryl methyl sites for hydroxylation is 1. The fourth-order valence-electron chi connectivity index (χ4n) is 3.04. The maximum absolute atomic E-state index is 12.5. The highest BCUT2D eigenvalue weighted by Crippen LogP contribution is 2.22. The molecule has 0 spiro atoms. The van der Waals surface area contributed by atoms with Crippen LogP contribution >= 0.6 is 11.6 Å². The molecule has 0 saturated heterocycles. The molecule has 0 aliphatic carbocycles. The third kappa shape index (κ3) is 4.55. The lowest BCUT2D eigenvalue weighted by molar-refractivity contribution is -0.131. The number of para-hydroxylation sites is 1. The normalized spacial score (nSPS) is 12.1. The summed E-state index contributed by atoms with van der Waals surface area (Å²) in [4.78, 5) is 33.6. The second-order valence-corrected chi connectivity index (χ2v) is 7.06. The van der Waals surface area contributed by atoms with Gasteiger partial charge in [0.1, 0.15) is 5.82 Å². The number of benzene rings is 2. The predicted molar refractivity (Wildman–Crippen MR) is 108 cm³/mol. The lowest BCUT2D eigenvalue weighted by Gasteiger charge is -2.25. The minimum Gasteiger partial charge on any atom is -0.339 e. The van der Waals surface area contributed by atoms with Crippen LogP contribution in [0.2, 0.25) is 5.02 Å². The molecule has 6 heteroatoms. The van der Waals surface area contributed by atoms with Gasteiger partial charge in [0.25, 0.3) is 5.56 Å². The first-order valence-corrected chi connectivity index (χ1v) is 9.32. The summed E-state index contributed by atoms with van der Waals surface area (Å²) in [5.74, 6) is 0.655. The van der Waals surface area contributed by atoms with Gasteiger partial charge in [0, 0.05) is 24.9 Å². The summed E-state index contributed by atoms with van der Waals surface area (Å²) in [5, 5.41) is 1.24. The Kier molecular flexibility index (Phi) is 5.91. The van der Waals surface area contributed by atoms with Gasteiger partial charge in [-0.05, 0) is 43.2 Å². The molecule has 3 aromatic rings. The monoisotopic (exact) mass is 383 g/mol. The summed E-state index contributed by atoms with van der Waals surface area (Å²) in [6, 6.07) is 14.7. The summed E-state index contributed by atoms with van der Waals surface area (Å²) in [6.45, 7) is 1.98. The number of fused-ring (bicyclic) bond motifs is 1. The van der Waals surface area contributed by atoms with Gasteiger partial charge in [-0.3, -0.25) is 9.59 Å². The molecule has 140 valence electrons. The van der Waals surface area contributed by atoms with Gasteiger partial charge in [0.05, 0.1) is 16.9 Å². The number of aromatic nitrogens is 2. The largest absolute Gasteiger partial charge is 0.339 e. The molecule has 1 aromatic heterocycles. The highest BCUT2D eigenvalue weighted by molar-refractivity contribution is 6.30. The van der Waals surface area contributed by atoms with E-state index in [9.17, 15) is 9.59 Å². The lowest BCUT2D eigenvalue weighted by atomic mass is 10.1. The molecule has 0 saturated carbocycles. The maximum Gasteiger partial charge on any atom is 0.258 e. The van der Waals surface area contributed by atoms with Gasteiger partial charge in [0.15, 0.2) is 0 Å². The number of aromatic amines is 1. The molecule has 0 bridgehead atoms. The third-order valence-corrected chi connectivity index (χ3v) is 5.01. The Balaban J connectivity index is 1.60. The third-order valence-electron chi connectivity index (χ3n) is 4.77. The van der Waals surface area contributed by atoms with Crippen LogP contribution in [-0.4, -0.2) is 27.8 Å². The van der Waals surface area contributed by atoms with E-state index in [1.54, 1.807) is 18.0 Å². The van der Waals surface area contributed by atoms with Crippen molar-refractivity contribution in [2.75, 3.05) is 7.05 Å². The maximum atomic E-state index is 12.5. The Labute approximate surface area is 163 Å². The van der Waals surface area contributed by atoms with Crippen molar-refractivity contribution in [1.82, 2.24) is 14.9 Å². The number of carbonyl (C=O) groups is 1. The van der Waals surface area contributed by atoms with Gasteiger partial charge in [0.2, 0.25) is 5.91 Å². The first-order chi connectivity index (χ1) is 13.0. The van der Waals surface area contributed by atoms with E-state index in [0.29, 0.717) is 41.0 Å². The van der Waals surface area contributed by atoms with Crippen LogP contribution in [-0.2, 0) is 11.2 Å². The SMILES string of the molecule is CC(c1cccc(Cl)c1)N(C)C(=O)CCCc1nc2ccccc2c(=O)[nH]1. The van der Waals surface area contributed by atoms with Gasteiger partial charge in [-0.15, -0.1) is 0 Å². The highest BCUT2D eigenvalue weighted by atomic mass is 35.5. The number of nitrogens with zero attached hydrogens (tertiary/aromatic N) is 2. The molecule has 0 radical (unpaired) electrons. The van der Waals surface area contributed by atoms with Crippen LogP contribution in [0.15, 0.2) is 53.3 Å². The first-order valence-electron chi connectivity index (χ1n) is 8.95. The van der Waals surface area contributed by atoms with E-state index in [0.717, 1.165) is 5.56 Å². The summed E-state index contributed by atoms with van der Waals surface area (Å²) in [7, 11) is 1.80. The molecule has 5 nitrogen and oxygen atoms in total. The molecule has 1 unspecified atom stereocenters. The zero-order chi connectivity index (χ0) is 19.4. The Hall–Kier alpha value is -2.66. The van der Waals surface area contributed by atoms with Crippen LogP contribution in [0.1, 0.15) is 37.2 Å². The van der Waals surface area contributed by atoms with Crippen molar-refractivity contribution in [3.05, 3.63) is 75.3 Å². The van der Waals surface area contributed by atoms with Gasteiger partial charge in [-0.25, -0.2) is 4.98 Å². The van der Waals surface area contributed by atoms with Crippen LogP contribution in [0.5, 0.6) is 0 Å². The number of amides is 1. The van der Waals surface area contributed by atoms with Gasteiger partial charge < -0.3 is 9.88 Å². The summed E-state index contributed by atoms with van der Waals surface area (Å²) in [5.41, 5.74) is 1.53. The van der Waals surface area contributed by atoms with E-state index < -0.39 is 0 Å². The molecule has 0 aliphatic heterocycles. The molecule has 1 N–H and O–H groups in total. The van der Waals surface area contributed by atoms with Gasteiger partial charge in [-0.1, -0.05) is 35.9 Å². The highest BCUT2D eigenvalue weighted by Gasteiger charge is 2.17. The fourth-order valence-corrected chi connectivity index (χ4v) is 3.24. The van der Waals surface area contributed by atoms with E-state index in [4.69, 9.17) is 11.6 Å². The van der Waals surface area contributed by atoms with Crippen molar-refractivity contribution in [2.24, 2.45) is 0 Å². The van der Waals surface area contributed by atoms with E-state index in [2.05, 4.69) is 9.97 Å². The van der Waals surface area contributed by atoms with Crippen molar-refractivity contribution in [3.63, 3.8) is 0 Å². The van der Waals surface area contributed by atoms with Crippen molar-refractivity contribution in [3.8, 4) is 0 Å². The van der Waals surface area contributed by atoms with E-state index in [1.165, 1.54) is 0 Å². The lowest BCUT2D eigenvalue weighted by Crippen LogP contribution is -2.29. The molecule has 1 amide bonds. The van der Waals surface area contributed by atoms with Crippen molar-refractivity contribution < 1.29 is 4.79 Å². The second-order valence-electron chi connectivity index (χ2n) is 6.62. The second kappa shape index (κ2) is 8.35. The molecular weight excluding hydrogens is 362 g/mol. The van der Waals surface area contributed by atoms with E-state index in [1.807, 2.05) is 49.4 Å². The van der Waals surface area contributed by atoms with Crippen LogP contribution in [0.4, 0.5) is 0 Å². The van der Waals surface area contributed by atoms with Crippen molar-refractivity contribution in [1.29, 1.82) is 0 Å². The Morgan fingerprint density at radius 1 is 1.22 bits per heavy atom. The molecule has 1 heterocycles. The number of H-pyrrole nitrogens is 1. The molecule has 2 aromatic carbocycles. The smallest absolute Gasteiger partial charge is 0.258 e. The average Bonchev–Trinajstić information content (AvgIpc) is 2.67. The topological polar surface area (TPSA) is 66.1 Å². The predicted octanol–water partition coefficient (Wildman–Crippen LogP) is 4.12. The minimum atomic E-state index is -0.145. The van der Waals surface area contributed by atoms with Crippen molar-refractivity contribution >= 4 is 28.4 Å². The molecule has 27 heavy (non-hydrogen) atoms. The number of carbonyl (C=O) groups excluding carboxylic acids is 1. The molecule has 0 aliphatic rings. The summed E-state index contributed by atoms with van der Waals surface area (Å²) in [6.07, 6.45) is 1.55. The molecule has 3 rings (SSSR count). The molecule has 0 fully saturated rings. The number of hydrogen-bond donors (Lipinski definition) is 1. The number of hydrogen-bond acceptors (Lipinski definition) is 3. The van der Waals surface area contributed by atoms with Gasteiger partial charge >= 0.3 is 0 Å². The Bertz CT molecular complexity index is 1020. The molecule has 1 atom stereocenters. The first kappa shape index (κ1) is 19.1. The zero-order valence-electron chi connectivity index (χ0n) is 15.4. The summed E-state index contributed by atoms with van der Waals surface area (Å²) < 4.78 is 0. The number of halogens is 1. The Morgan fingerprint density at radius 3 is 2.78 bits per heavy atom. The van der Waals surface area contributed by atoms with E-state index >= 15 is 0 Å². The van der Waals surface area contributed by atoms with Crippen molar-refractivity contribution in [2.45, 2.75) is 32.2 Å². The standard InChI is InChI=1S/C21H22ClN3O2/c1-14(15-7-5-8-16(22)13-15)25(2)20(26)12-6-11-19-23-18-10-4-3-9-17(18)21(27)24-19/h3-5,7-10,13-14H,6,11-12H2,1-2H3,(H,23,24,27). The average molecular weight is 384 g/mol. The summed E-state index contributed by atoms with van der Waals surface area (Å²) >= 11 is 6.04. The zero-order valence-corrected chi connectivity index (χ0v) is 16.2. The number of rotatable bonds is 6. The quantitative estimate of drug-likeness (QED) is 0.696. The van der Waals surface area contributed by atoms with Crippen LogP contribution in [0.3, 0.4) is 0 Å². The van der Waals surface area contributed by atoms with Gasteiger partial charge in [-0.2, -0.15) is 0 Å². The Morgan fingerprint density at radius 2 is 2.00 bits per heavy atom. The van der Waals surface area contributed by atoms with E-state index in [-0.39, 0.29) is 17.5 Å². The van der Waals surface area contributed by atoms with Crippen LogP contribution in [0.25, 0.3) is 10.9 Å². The van der Waals surface area contributed by atoms with Crippen LogP contribution in [0, 0.1) is 0 Å². The minimum absolute atomic E-state index is 0.0469. The fraction of sp³-hybridized carbons (Fsp3) is 0.286. The van der Waals surface area contributed by atoms with Crippen LogP contribution < -0.4 is 5.56 Å². The molecular formula is C21H22ClN3O2.